The number of furan rings is 1. The molecule has 0 atom stereocenters. The van der Waals surface area contributed by atoms with Crippen LogP contribution in [0.15, 0.2) is 40.2 Å². The molecule has 34 heavy (non-hydrogen) atoms. The fraction of sp³-hybridized carbons (Fsp3) is 0.273. The normalized spacial score (nSPS) is 10.6. The molecule has 0 fully saturated rings. The molecular weight excluding hydrogens is 462 g/mol. The number of nitrogens with one attached hydrogen (secondary N) is 2. The minimum atomic E-state index is -0.758. The summed E-state index contributed by atoms with van der Waals surface area (Å²) in [6, 6.07) is 7.07. The van der Waals surface area contributed by atoms with Crippen molar-refractivity contribution < 1.29 is 28.3 Å². The highest BCUT2D eigenvalue weighted by atomic mass is 32.2. The van der Waals surface area contributed by atoms with Crippen LogP contribution in [-0.4, -0.2) is 50.7 Å². The number of carbonyl (C=O) groups is 4. The molecule has 2 heterocycles. The molecule has 0 spiro atoms. The second-order valence-electron chi connectivity index (χ2n) is 7.07. The first-order valence-electron chi connectivity index (χ1n) is 10.2. The maximum atomic E-state index is 12.6. The highest BCUT2D eigenvalue weighted by Gasteiger charge is 2.28. The molecule has 3 aromatic rings. The van der Waals surface area contributed by atoms with E-state index in [-0.39, 0.29) is 46.8 Å². The van der Waals surface area contributed by atoms with Crippen LogP contribution in [0.1, 0.15) is 47.2 Å². The number of aryl methyl sites for hydroxylation is 1. The van der Waals surface area contributed by atoms with Crippen molar-refractivity contribution >= 4 is 46.9 Å². The smallest absolute Gasteiger partial charge is 0.344 e. The number of esters is 1. The van der Waals surface area contributed by atoms with Gasteiger partial charge in [0.05, 0.1) is 23.6 Å². The number of aromatic nitrogens is 3. The standard InChI is InChI=1S/C22H23N5O6S/c1-5-32-21(31)19-18(12(2)28)13(3)33-20(19)25-17(30)10-34-22-26-23-11-27(22)16-8-6-7-15(9-16)24-14(4)29/h6-9,11H,5,10H2,1-4H3,(H,24,29)(H,25,30). The molecule has 0 saturated heterocycles. The van der Waals surface area contributed by atoms with Gasteiger partial charge in [0.15, 0.2) is 10.9 Å². The molecule has 2 amide bonds. The third kappa shape index (κ3) is 5.70. The molecule has 0 saturated carbocycles. The number of rotatable bonds is 9. The molecule has 12 heteroatoms. The van der Waals surface area contributed by atoms with E-state index in [1.807, 2.05) is 0 Å². The molecule has 11 nitrogen and oxygen atoms in total. The van der Waals surface area contributed by atoms with Gasteiger partial charge < -0.3 is 14.5 Å². The average molecular weight is 486 g/mol. The number of anilines is 2. The van der Waals surface area contributed by atoms with E-state index >= 15 is 0 Å². The second-order valence-corrected chi connectivity index (χ2v) is 8.01. The quantitative estimate of drug-likeness (QED) is 0.265. The summed E-state index contributed by atoms with van der Waals surface area (Å²) in [7, 11) is 0. The average Bonchev–Trinajstić information content (AvgIpc) is 3.36. The highest BCUT2D eigenvalue weighted by molar-refractivity contribution is 7.99. The van der Waals surface area contributed by atoms with Crippen LogP contribution in [0.4, 0.5) is 11.6 Å². The van der Waals surface area contributed by atoms with Crippen LogP contribution in [0.5, 0.6) is 0 Å². The van der Waals surface area contributed by atoms with Gasteiger partial charge in [-0.3, -0.25) is 24.3 Å². The maximum Gasteiger partial charge on any atom is 0.344 e. The molecule has 178 valence electrons. The third-order valence-corrected chi connectivity index (χ3v) is 5.41. The van der Waals surface area contributed by atoms with Crippen molar-refractivity contribution in [3.05, 3.63) is 47.5 Å². The Morgan fingerprint density at radius 3 is 2.59 bits per heavy atom. The summed E-state index contributed by atoms with van der Waals surface area (Å²) in [5, 5.41) is 13.6. The lowest BCUT2D eigenvalue weighted by Gasteiger charge is -2.09. The van der Waals surface area contributed by atoms with E-state index < -0.39 is 11.9 Å². The predicted molar refractivity (Wildman–Crippen MR) is 124 cm³/mol. The molecular formula is C22H23N5O6S. The molecule has 0 unspecified atom stereocenters. The molecule has 2 N–H and O–H groups in total. The van der Waals surface area contributed by atoms with Gasteiger partial charge >= 0.3 is 5.97 Å². The topological polar surface area (TPSA) is 145 Å². The van der Waals surface area contributed by atoms with E-state index in [2.05, 4.69) is 20.8 Å². The Morgan fingerprint density at radius 1 is 1.15 bits per heavy atom. The zero-order valence-corrected chi connectivity index (χ0v) is 19.8. The summed E-state index contributed by atoms with van der Waals surface area (Å²) >= 11 is 1.10. The van der Waals surface area contributed by atoms with Crippen LogP contribution >= 0.6 is 11.8 Å². The lowest BCUT2D eigenvalue weighted by atomic mass is 10.1. The molecule has 0 aliphatic carbocycles. The number of Topliss-reactive ketones (excluding diaryl/α,β-unsaturated/α-hetero) is 1. The first-order valence-corrected chi connectivity index (χ1v) is 11.2. The number of ketones is 1. The van der Waals surface area contributed by atoms with Crippen molar-refractivity contribution in [1.82, 2.24) is 14.8 Å². The Hall–Kier alpha value is -3.93. The van der Waals surface area contributed by atoms with E-state index in [4.69, 9.17) is 9.15 Å². The Morgan fingerprint density at radius 2 is 1.91 bits per heavy atom. The monoisotopic (exact) mass is 485 g/mol. The van der Waals surface area contributed by atoms with Gasteiger partial charge in [-0.25, -0.2) is 4.79 Å². The number of hydrogen-bond donors (Lipinski definition) is 2. The van der Waals surface area contributed by atoms with E-state index in [0.717, 1.165) is 11.8 Å². The molecule has 0 aliphatic heterocycles. The van der Waals surface area contributed by atoms with Gasteiger partial charge in [-0.05, 0) is 39.0 Å². The predicted octanol–water partition coefficient (Wildman–Crippen LogP) is 3.24. The first kappa shape index (κ1) is 24.7. The third-order valence-electron chi connectivity index (χ3n) is 4.46. The zero-order valence-electron chi connectivity index (χ0n) is 19.0. The van der Waals surface area contributed by atoms with Crippen molar-refractivity contribution in [2.45, 2.75) is 32.9 Å². The van der Waals surface area contributed by atoms with E-state index in [0.29, 0.717) is 16.5 Å². The lowest BCUT2D eigenvalue weighted by Crippen LogP contribution is -2.18. The van der Waals surface area contributed by atoms with Gasteiger partial charge in [0.2, 0.25) is 17.7 Å². The van der Waals surface area contributed by atoms with Gasteiger partial charge in [0, 0.05) is 12.6 Å². The molecule has 0 aliphatic rings. The SMILES string of the molecule is CCOC(=O)c1c(NC(=O)CSc2nncn2-c2cccc(NC(C)=O)c2)oc(C)c1C(C)=O. The summed E-state index contributed by atoms with van der Waals surface area (Å²) in [5.74, 6) is -1.84. The Balaban J connectivity index is 1.75. The molecule has 0 bridgehead atoms. The maximum absolute atomic E-state index is 12.6. The lowest BCUT2D eigenvalue weighted by molar-refractivity contribution is -0.114. The summed E-state index contributed by atoms with van der Waals surface area (Å²) in [4.78, 5) is 48.3. The molecule has 1 aromatic carbocycles. The Labute approximate surface area is 199 Å². The number of amides is 2. The van der Waals surface area contributed by atoms with Crippen molar-refractivity contribution in [2.75, 3.05) is 23.0 Å². The summed E-state index contributed by atoms with van der Waals surface area (Å²) in [6.45, 7) is 5.98. The van der Waals surface area contributed by atoms with Crippen LogP contribution in [0, 0.1) is 6.92 Å². The first-order chi connectivity index (χ1) is 16.2. The van der Waals surface area contributed by atoms with Crippen LogP contribution in [0.25, 0.3) is 5.69 Å². The van der Waals surface area contributed by atoms with E-state index in [1.165, 1.54) is 27.1 Å². The number of hydrogen-bond acceptors (Lipinski definition) is 9. The molecule has 3 rings (SSSR count). The Bertz CT molecular complexity index is 1250. The van der Waals surface area contributed by atoms with Crippen LogP contribution in [-0.2, 0) is 14.3 Å². The molecule has 2 aromatic heterocycles. The largest absolute Gasteiger partial charge is 0.462 e. The highest BCUT2D eigenvalue weighted by Crippen LogP contribution is 2.29. The van der Waals surface area contributed by atoms with Crippen molar-refractivity contribution in [3.63, 3.8) is 0 Å². The second kappa shape index (κ2) is 10.8. The minimum absolute atomic E-state index is 0.0696. The van der Waals surface area contributed by atoms with E-state index in [9.17, 15) is 19.2 Å². The molecule has 0 radical (unpaired) electrons. The van der Waals surface area contributed by atoms with Crippen molar-refractivity contribution in [2.24, 2.45) is 0 Å². The minimum Gasteiger partial charge on any atom is -0.462 e. The van der Waals surface area contributed by atoms with Crippen LogP contribution in [0.3, 0.4) is 0 Å². The number of nitrogens with zero attached hydrogens (tertiary/aromatic N) is 3. The van der Waals surface area contributed by atoms with Gasteiger partial charge in [0.25, 0.3) is 0 Å². The van der Waals surface area contributed by atoms with Gasteiger partial charge in [-0.1, -0.05) is 17.8 Å². The van der Waals surface area contributed by atoms with Gasteiger partial charge in [-0.15, -0.1) is 10.2 Å². The number of thioether (sulfide) groups is 1. The van der Waals surface area contributed by atoms with E-state index in [1.54, 1.807) is 35.8 Å². The van der Waals surface area contributed by atoms with Gasteiger partial charge in [-0.2, -0.15) is 0 Å². The number of carbonyl (C=O) groups excluding carboxylic acids is 4. The Kier molecular flexibility index (Phi) is 7.84. The number of ether oxygens (including phenoxy) is 1. The summed E-state index contributed by atoms with van der Waals surface area (Å²) in [6.07, 6.45) is 1.49. The van der Waals surface area contributed by atoms with Crippen molar-refractivity contribution in [3.8, 4) is 5.69 Å². The fourth-order valence-corrected chi connectivity index (χ4v) is 3.91. The summed E-state index contributed by atoms with van der Waals surface area (Å²) < 4.78 is 12.2. The fourth-order valence-electron chi connectivity index (χ4n) is 3.18. The van der Waals surface area contributed by atoms with Crippen LogP contribution in [0.2, 0.25) is 0 Å². The van der Waals surface area contributed by atoms with Gasteiger partial charge in [0.1, 0.15) is 17.7 Å². The van der Waals surface area contributed by atoms with Crippen molar-refractivity contribution in [1.29, 1.82) is 0 Å². The number of benzene rings is 1. The zero-order chi connectivity index (χ0) is 24.8. The summed E-state index contributed by atoms with van der Waals surface area (Å²) in [5.41, 5.74) is 1.26. The van der Waals surface area contributed by atoms with Crippen LogP contribution < -0.4 is 10.6 Å².